The Balaban J connectivity index is 2.16. The fraction of sp³-hybridized carbons (Fsp3) is 0.757. The van der Waals surface area contributed by atoms with Crippen LogP contribution in [0.25, 0.3) is 0 Å². The molecular weight excluding hydrogens is 784 g/mol. The molecular formula is C37H64N6O16. The Morgan fingerprint density at radius 3 is 1.49 bits per heavy atom. The molecule has 59 heavy (non-hydrogen) atoms. The lowest BCUT2D eigenvalue weighted by molar-refractivity contribution is -0.137. The van der Waals surface area contributed by atoms with Crippen LogP contribution in [0.3, 0.4) is 0 Å². The fourth-order valence-corrected chi connectivity index (χ4v) is 4.82. The van der Waals surface area contributed by atoms with Crippen LogP contribution in [0.4, 0.5) is 4.79 Å². The Kier molecular flexibility index (Phi) is 32.9. The summed E-state index contributed by atoms with van der Waals surface area (Å²) in [7, 11) is 1.62. The molecule has 0 saturated carbocycles. The zero-order valence-electron chi connectivity index (χ0n) is 34.1. The van der Waals surface area contributed by atoms with Gasteiger partial charge in [0.1, 0.15) is 6.04 Å². The Morgan fingerprint density at radius 1 is 0.542 bits per heavy atom. The number of amides is 7. The van der Waals surface area contributed by atoms with Gasteiger partial charge in [0.05, 0.1) is 99.1 Å². The van der Waals surface area contributed by atoms with Crippen molar-refractivity contribution in [1.29, 1.82) is 0 Å². The summed E-state index contributed by atoms with van der Waals surface area (Å²) in [6.45, 7) is 7.03. The van der Waals surface area contributed by atoms with Crippen molar-refractivity contribution in [1.82, 2.24) is 31.5 Å². The molecule has 0 saturated heterocycles. The molecule has 0 spiro atoms. The molecule has 1 unspecified atom stereocenters. The van der Waals surface area contributed by atoms with Crippen molar-refractivity contribution >= 4 is 41.5 Å². The van der Waals surface area contributed by atoms with Crippen LogP contribution in [-0.4, -0.2) is 197 Å². The van der Waals surface area contributed by atoms with Gasteiger partial charge < -0.3 is 69.6 Å². The summed E-state index contributed by atoms with van der Waals surface area (Å²) in [5, 5.41) is 21.2. The molecule has 1 rings (SSSR count). The van der Waals surface area contributed by atoms with Gasteiger partial charge in [0, 0.05) is 71.2 Å². The second kappa shape index (κ2) is 36.8. The van der Waals surface area contributed by atoms with E-state index in [1.165, 1.54) is 0 Å². The number of carbonyl (C=O) groups excluding carboxylic acids is 6. The smallest absolute Gasteiger partial charge is 0.404 e. The number of ether oxygens (including phenoxy) is 8. The number of carboxylic acid groups (broad SMARTS) is 1. The molecule has 0 aromatic carbocycles. The molecule has 0 bridgehead atoms. The minimum absolute atomic E-state index is 0.0196. The number of carbonyl (C=O) groups is 7. The molecule has 1 heterocycles. The molecule has 0 aromatic heterocycles. The lowest BCUT2D eigenvalue weighted by atomic mass is 10.1. The van der Waals surface area contributed by atoms with Crippen LogP contribution < -0.4 is 26.6 Å². The van der Waals surface area contributed by atoms with Gasteiger partial charge in [-0.25, -0.2) is 4.79 Å². The molecule has 0 fully saturated rings. The summed E-state index contributed by atoms with van der Waals surface area (Å²) in [6.07, 6.45) is 1.43. The average Bonchev–Trinajstić information content (AvgIpc) is 3.53. The van der Waals surface area contributed by atoms with E-state index in [-0.39, 0.29) is 89.7 Å². The highest BCUT2D eigenvalue weighted by molar-refractivity contribution is 6.12. The van der Waals surface area contributed by atoms with Gasteiger partial charge in [0.25, 0.3) is 11.8 Å². The standard InChI is InChI=1S/C37H64N6O16/c1-52-16-17-54-20-21-56-24-25-58-28-29-59-27-26-57-23-22-55-19-18-53-15-13-39-32(45)7-6-30(42-33(46)5-3-14-43-34(47)8-9-35(43)48)36(49)40-10-2-4-31(44)38-11-12-41-37(50)51/h8-9,30,41H,2-7,10-29H2,1H3,(H,38,44)(H,39,45)(H,40,49)(H,42,46)(H,50,51). The first-order valence-corrected chi connectivity index (χ1v) is 19.8. The van der Waals surface area contributed by atoms with Crippen molar-refractivity contribution in [3.8, 4) is 0 Å². The van der Waals surface area contributed by atoms with Gasteiger partial charge in [0.15, 0.2) is 0 Å². The number of imide groups is 1. The van der Waals surface area contributed by atoms with Crippen molar-refractivity contribution in [2.45, 2.75) is 44.6 Å². The highest BCUT2D eigenvalue weighted by atomic mass is 16.6. The van der Waals surface area contributed by atoms with Crippen LogP contribution in [0.5, 0.6) is 0 Å². The van der Waals surface area contributed by atoms with Crippen molar-refractivity contribution in [3.63, 3.8) is 0 Å². The van der Waals surface area contributed by atoms with E-state index in [2.05, 4.69) is 26.6 Å². The molecule has 1 aliphatic heterocycles. The molecule has 0 radical (unpaired) electrons. The SMILES string of the molecule is COCCOCCOCCOCCOCCOCCOCCOCCNC(=O)CCC(NC(=O)CCCN1C(=O)C=CC1=O)C(=O)NCCCC(=O)NCCNC(=O)O. The summed E-state index contributed by atoms with van der Waals surface area (Å²) in [4.78, 5) is 85.1. The highest BCUT2D eigenvalue weighted by Crippen LogP contribution is 2.06. The van der Waals surface area contributed by atoms with Crippen LogP contribution >= 0.6 is 0 Å². The summed E-state index contributed by atoms with van der Waals surface area (Å²) >= 11 is 0. The van der Waals surface area contributed by atoms with Crippen LogP contribution in [0.1, 0.15) is 38.5 Å². The maximum atomic E-state index is 13.0. The van der Waals surface area contributed by atoms with E-state index in [0.717, 1.165) is 17.1 Å². The maximum absolute atomic E-state index is 13.0. The van der Waals surface area contributed by atoms with Crippen molar-refractivity contribution in [2.75, 3.05) is 139 Å². The van der Waals surface area contributed by atoms with Gasteiger partial charge in [-0.1, -0.05) is 0 Å². The van der Waals surface area contributed by atoms with Crippen LogP contribution in [0.15, 0.2) is 12.2 Å². The van der Waals surface area contributed by atoms with Gasteiger partial charge in [0.2, 0.25) is 23.6 Å². The number of nitrogens with one attached hydrogen (secondary N) is 5. The summed E-state index contributed by atoms with van der Waals surface area (Å²) in [5.74, 6) is -2.67. The summed E-state index contributed by atoms with van der Waals surface area (Å²) < 4.78 is 42.9. The molecule has 22 nitrogen and oxygen atoms in total. The topological polar surface area (TPSA) is 277 Å². The molecule has 1 atom stereocenters. The number of nitrogens with zero attached hydrogens (tertiary/aromatic N) is 1. The second-order valence-corrected chi connectivity index (χ2v) is 12.5. The summed E-state index contributed by atoms with van der Waals surface area (Å²) in [6, 6.07) is -1.07. The predicted molar refractivity (Wildman–Crippen MR) is 208 cm³/mol. The van der Waals surface area contributed by atoms with E-state index in [0.29, 0.717) is 92.5 Å². The van der Waals surface area contributed by atoms with Gasteiger partial charge in [-0.05, 0) is 19.3 Å². The third-order valence-corrected chi connectivity index (χ3v) is 7.83. The van der Waals surface area contributed by atoms with Gasteiger partial charge >= 0.3 is 6.09 Å². The Bertz CT molecular complexity index is 1230. The van der Waals surface area contributed by atoms with Crippen molar-refractivity contribution in [2.24, 2.45) is 0 Å². The molecule has 338 valence electrons. The molecule has 1 aliphatic rings. The fourth-order valence-electron chi connectivity index (χ4n) is 4.82. The minimum Gasteiger partial charge on any atom is -0.465 e. The van der Waals surface area contributed by atoms with Crippen LogP contribution in [0.2, 0.25) is 0 Å². The van der Waals surface area contributed by atoms with E-state index >= 15 is 0 Å². The van der Waals surface area contributed by atoms with Crippen molar-refractivity contribution in [3.05, 3.63) is 12.2 Å². The highest BCUT2D eigenvalue weighted by Gasteiger charge is 2.24. The first kappa shape index (κ1) is 52.7. The number of hydrogen-bond donors (Lipinski definition) is 6. The van der Waals surface area contributed by atoms with E-state index in [4.69, 9.17) is 43.0 Å². The number of rotatable bonds is 40. The molecule has 0 aliphatic carbocycles. The van der Waals surface area contributed by atoms with Crippen LogP contribution in [0, 0.1) is 0 Å². The first-order chi connectivity index (χ1) is 28.6. The average molecular weight is 849 g/mol. The predicted octanol–water partition coefficient (Wildman–Crippen LogP) is -1.88. The van der Waals surface area contributed by atoms with E-state index in [1.54, 1.807) is 7.11 Å². The third kappa shape index (κ3) is 31.3. The third-order valence-electron chi connectivity index (χ3n) is 7.83. The quantitative estimate of drug-likeness (QED) is 0.0291. The van der Waals surface area contributed by atoms with E-state index in [1.807, 2.05) is 0 Å². The molecule has 7 amide bonds. The zero-order valence-corrected chi connectivity index (χ0v) is 34.1. The Labute approximate surface area is 345 Å². The van der Waals surface area contributed by atoms with Crippen LogP contribution in [-0.2, 0) is 66.7 Å². The van der Waals surface area contributed by atoms with Gasteiger partial charge in [-0.15, -0.1) is 0 Å². The Hall–Kier alpha value is -4.29. The molecule has 6 N–H and O–H groups in total. The lowest BCUT2D eigenvalue weighted by Gasteiger charge is -2.19. The largest absolute Gasteiger partial charge is 0.465 e. The monoisotopic (exact) mass is 848 g/mol. The normalized spacial score (nSPS) is 12.7. The number of hydrogen-bond acceptors (Lipinski definition) is 15. The van der Waals surface area contributed by atoms with Crippen molar-refractivity contribution < 1.29 is 76.6 Å². The summed E-state index contributed by atoms with van der Waals surface area (Å²) in [5.41, 5.74) is 0. The Morgan fingerprint density at radius 2 is 0.983 bits per heavy atom. The van der Waals surface area contributed by atoms with Gasteiger partial charge in [-0.2, -0.15) is 0 Å². The zero-order chi connectivity index (χ0) is 43.2. The second-order valence-electron chi connectivity index (χ2n) is 12.5. The minimum atomic E-state index is -1.20. The molecule has 0 aromatic rings. The van der Waals surface area contributed by atoms with E-state index in [9.17, 15) is 33.6 Å². The van der Waals surface area contributed by atoms with Gasteiger partial charge in [-0.3, -0.25) is 33.7 Å². The molecule has 22 heteroatoms. The number of methoxy groups -OCH3 is 1. The van der Waals surface area contributed by atoms with E-state index < -0.39 is 35.8 Å². The lowest BCUT2D eigenvalue weighted by Crippen LogP contribution is -2.47. The maximum Gasteiger partial charge on any atom is 0.404 e. The first-order valence-electron chi connectivity index (χ1n) is 19.8.